The number of carbonyl (C=O) groups excluding carboxylic acids is 2. The van der Waals surface area contributed by atoms with Crippen molar-refractivity contribution < 1.29 is 14.2 Å². The number of anilines is 1. The van der Waals surface area contributed by atoms with E-state index in [2.05, 4.69) is 5.32 Å². The molecule has 0 spiro atoms. The molecule has 0 fully saturated rings. The SMILES string of the molecule is CC(=O)c1cccc(NC(=O)[C@H](C)[n+]2cccc(C)c2C)c1. The molecule has 0 unspecified atom stereocenters. The number of amides is 1. The van der Waals surface area contributed by atoms with Crippen LogP contribution in [0.2, 0.25) is 0 Å². The molecule has 2 aromatic rings. The topological polar surface area (TPSA) is 50.1 Å². The highest BCUT2D eigenvalue weighted by molar-refractivity contribution is 5.97. The van der Waals surface area contributed by atoms with Gasteiger partial charge in [0.2, 0.25) is 6.04 Å². The van der Waals surface area contributed by atoms with E-state index in [1.54, 1.807) is 24.3 Å². The van der Waals surface area contributed by atoms with Crippen LogP contribution in [0.5, 0.6) is 0 Å². The average Bonchev–Trinajstić information content (AvgIpc) is 2.49. The van der Waals surface area contributed by atoms with Crippen LogP contribution in [0.4, 0.5) is 5.69 Å². The van der Waals surface area contributed by atoms with Crippen molar-refractivity contribution in [3.05, 3.63) is 59.4 Å². The molecule has 0 aliphatic heterocycles. The summed E-state index contributed by atoms with van der Waals surface area (Å²) in [5, 5.41) is 2.87. The molecule has 22 heavy (non-hydrogen) atoms. The molecule has 1 atom stereocenters. The second-order valence-electron chi connectivity index (χ2n) is 5.49. The van der Waals surface area contributed by atoms with Crippen molar-refractivity contribution in [2.45, 2.75) is 33.7 Å². The standard InChI is InChI=1S/C18H20N2O2/c1-12-7-6-10-20(13(12)2)14(3)18(22)19-17-9-5-8-16(11-17)15(4)21/h5-11,14H,1-4H3/p+1/t14-/m0/s1. The van der Waals surface area contributed by atoms with Gasteiger partial charge in [0.05, 0.1) is 0 Å². The second-order valence-corrected chi connectivity index (χ2v) is 5.49. The third-order valence-corrected chi connectivity index (χ3v) is 3.88. The van der Waals surface area contributed by atoms with Crippen LogP contribution in [0.15, 0.2) is 42.6 Å². The Balaban J connectivity index is 2.20. The van der Waals surface area contributed by atoms with Gasteiger partial charge in [0.15, 0.2) is 17.7 Å². The minimum absolute atomic E-state index is 0.0203. The summed E-state index contributed by atoms with van der Waals surface area (Å²) in [6.07, 6.45) is 1.90. The average molecular weight is 297 g/mol. The molecule has 1 aromatic heterocycles. The van der Waals surface area contributed by atoms with E-state index >= 15 is 0 Å². The molecule has 0 aliphatic carbocycles. The molecule has 4 nitrogen and oxygen atoms in total. The number of aromatic nitrogens is 1. The van der Waals surface area contributed by atoms with Gasteiger partial charge in [-0.25, -0.2) is 0 Å². The number of ketones is 1. The number of rotatable bonds is 4. The Kier molecular flexibility index (Phi) is 4.71. The lowest BCUT2D eigenvalue weighted by molar-refractivity contribution is -0.711. The Morgan fingerprint density at radius 3 is 2.55 bits per heavy atom. The fourth-order valence-electron chi connectivity index (χ4n) is 2.32. The number of benzene rings is 1. The van der Waals surface area contributed by atoms with Gasteiger partial charge in [0, 0.05) is 36.7 Å². The largest absolute Gasteiger partial charge is 0.320 e. The Morgan fingerprint density at radius 1 is 1.14 bits per heavy atom. The van der Waals surface area contributed by atoms with Gasteiger partial charge < -0.3 is 5.32 Å². The van der Waals surface area contributed by atoms with E-state index in [0.29, 0.717) is 11.3 Å². The lowest BCUT2D eigenvalue weighted by Crippen LogP contribution is -2.47. The van der Waals surface area contributed by atoms with E-state index < -0.39 is 0 Å². The third kappa shape index (κ3) is 3.39. The molecule has 2 rings (SSSR count). The maximum absolute atomic E-state index is 12.4. The molecular formula is C18H21N2O2+. The van der Waals surface area contributed by atoms with E-state index in [0.717, 1.165) is 11.3 Å². The van der Waals surface area contributed by atoms with Gasteiger partial charge in [-0.15, -0.1) is 0 Å². The Hall–Kier alpha value is -2.49. The zero-order valence-corrected chi connectivity index (χ0v) is 13.4. The summed E-state index contributed by atoms with van der Waals surface area (Å²) in [5.41, 5.74) is 3.42. The molecule has 1 amide bonds. The van der Waals surface area contributed by atoms with Gasteiger partial charge in [-0.3, -0.25) is 9.59 Å². The van der Waals surface area contributed by atoms with E-state index in [4.69, 9.17) is 0 Å². The number of nitrogens with zero attached hydrogens (tertiary/aromatic N) is 1. The molecular weight excluding hydrogens is 276 g/mol. The van der Waals surface area contributed by atoms with Gasteiger partial charge in [-0.2, -0.15) is 4.57 Å². The zero-order valence-electron chi connectivity index (χ0n) is 13.4. The predicted molar refractivity (Wildman–Crippen MR) is 85.9 cm³/mol. The van der Waals surface area contributed by atoms with Crippen LogP contribution < -0.4 is 9.88 Å². The Bertz CT molecular complexity index is 723. The first-order valence-electron chi connectivity index (χ1n) is 7.29. The first-order valence-corrected chi connectivity index (χ1v) is 7.29. The molecule has 114 valence electrons. The first-order chi connectivity index (χ1) is 10.4. The molecule has 0 bridgehead atoms. The van der Waals surface area contributed by atoms with Crippen LogP contribution in [0.3, 0.4) is 0 Å². The van der Waals surface area contributed by atoms with Crippen LogP contribution in [0, 0.1) is 13.8 Å². The van der Waals surface area contributed by atoms with Crippen LogP contribution in [0.25, 0.3) is 0 Å². The van der Waals surface area contributed by atoms with Crippen LogP contribution in [0.1, 0.15) is 41.5 Å². The van der Waals surface area contributed by atoms with Crippen molar-refractivity contribution in [2.24, 2.45) is 0 Å². The summed E-state index contributed by atoms with van der Waals surface area (Å²) in [6, 6.07) is 10.6. The molecule has 1 aromatic carbocycles. The second kappa shape index (κ2) is 6.52. The number of pyridine rings is 1. The maximum atomic E-state index is 12.4. The maximum Gasteiger partial charge on any atom is 0.293 e. The third-order valence-electron chi connectivity index (χ3n) is 3.88. The number of nitrogens with one attached hydrogen (secondary N) is 1. The molecule has 0 radical (unpaired) electrons. The summed E-state index contributed by atoms with van der Waals surface area (Å²) in [6.45, 7) is 7.38. The van der Waals surface area contributed by atoms with E-state index in [9.17, 15) is 9.59 Å². The fraction of sp³-hybridized carbons (Fsp3) is 0.278. The molecule has 0 saturated carbocycles. The van der Waals surface area contributed by atoms with Gasteiger partial charge in [-0.05, 0) is 32.0 Å². The summed E-state index contributed by atoms with van der Waals surface area (Å²) in [4.78, 5) is 23.8. The number of Topliss-reactive ketones (excluding diaryl/α,β-unsaturated/α-hetero) is 1. The van der Waals surface area contributed by atoms with Gasteiger partial charge >= 0.3 is 0 Å². The summed E-state index contributed by atoms with van der Waals surface area (Å²) in [7, 11) is 0. The van der Waals surface area contributed by atoms with Gasteiger partial charge in [0.25, 0.3) is 5.91 Å². The van der Waals surface area contributed by atoms with Crippen molar-refractivity contribution in [2.75, 3.05) is 5.32 Å². The van der Waals surface area contributed by atoms with Crippen molar-refractivity contribution in [3.8, 4) is 0 Å². The van der Waals surface area contributed by atoms with Gasteiger partial charge in [0.1, 0.15) is 0 Å². The highest BCUT2D eigenvalue weighted by atomic mass is 16.2. The van der Waals surface area contributed by atoms with Crippen molar-refractivity contribution in [1.82, 2.24) is 0 Å². The lowest BCUT2D eigenvalue weighted by Gasteiger charge is -2.11. The number of hydrogen-bond acceptors (Lipinski definition) is 2. The highest BCUT2D eigenvalue weighted by Gasteiger charge is 2.24. The lowest BCUT2D eigenvalue weighted by atomic mass is 10.1. The van der Waals surface area contributed by atoms with Crippen molar-refractivity contribution >= 4 is 17.4 Å². The predicted octanol–water partition coefficient (Wildman–Crippen LogP) is 2.99. The fourth-order valence-corrected chi connectivity index (χ4v) is 2.32. The monoisotopic (exact) mass is 297 g/mol. The molecule has 1 heterocycles. The molecule has 1 N–H and O–H groups in total. The van der Waals surface area contributed by atoms with Crippen LogP contribution in [-0.2, 0) is 4.79 Å². The summed E-state index contributed by atoms with van der Waals surface area (Å²) in [5.74, 6) is -0.132. The summed E-state index contributed by atoms with van der Waals surface area (Å²) >= 11 is 0. The minimum atomic E-state index is -0.333. The molecule has 0 aliphatic rings. The van der Waals surface area contributed by atoms with Crippen molar-refractivity contribution in [3.63, 3.8) is 0 Å². The Morgan fingerprint density at radius 2 is 1.86 bits per heavy atom. The van der Waals surface area contributed by atoms with E-state index in [1.165, 1.54) is 6.92 Å². The van der Waals surface area contributed by atoms with E-state index in [-0.39, 0.29) is 17.7 Å². The van der Waals surface area contributed by atoms with E-state index in [1.807, 2.05) is 43.7 Å². The Labute approximate surface area is 130 Å². The smallest absolute Gasteiger partial charge is 0.293 e. The minimum Gasteiger partial charge on any atom is -0.320 e. The van der Waals surface area contributed by atoms with Crippen molar-refractivity contribution in [1.29, 1.82) is 0 Å². The number of carbonyl (C=O) groups is 2. The quantitative estimate of drug-likeness (QED) is 0.696. The van der Waals surface area contributed by atoms with Crippen LogP contribution in [-0.4, -0.2) is 11.7 Å². The van der Waals surface area contributed by atoms with Crippen LogP contribution >= 0.6 is 0 Å². The molecule has 4 heteroatoms. The number of hydrogen-bond donors (Lipinski definition) is 1. The first kappa shape index (κ1) is 15.9. The zero-order chi connectivity index (χ0) is 16.3. The summed E-state index contributed by atoms with van der Waals surface area (Å²) < 4.78 is 1.94. The normalized spacial score (nSPS) is 11.8. The number of aryl methyl sites for hydroxylation is 1. The highest BCUT2D eigenvalue weighted by Crippen LogP contribution is 2.13. The molecule has 0 saturated heterocycles. The van der Waals surface area contributed by atoms with Gasteiger partial charge in [-0.1, -0.05) is 12.1 Å².